The molecule has 0 N–H and O–H groups in total. The molecule has 3 aliphatic carbocycles. The summed E-state index contributed by atoms with van der Waals surface area (Å²) in [5, 5.41) is 0. The van der Waals surface area contributed by atoms with Crippen LogP contribution in [0, 0.1) is 10.8 Å². The topological polar surface area (TPSA) is 3.24 Å². The summed E-state index contributed by atoms with van der Waals surface area (Å²) in [5.41, 5.74) is 1.96. The molecule has 0 aromatic carbocycles. The summed E-state index contributed by atoms with van der Waals surface area (Å²) in [6.45, 7) is 10.1. The van der Waals surface area contributed by atoms with E-state index in [2.05, 4.69) is 25.7 Å². The van der Waals surface area contributed by atoms with E-state index in [1.54, 1.807) is 0 Å². The molecule has 0 spiro atoms. The Kier molecular flexibility index (Phi) is 1.89. The smallest absolute Gasteiger partial charge is 0.0226 e. The standard InChI is InChI=1S/C14H25N/c1-12(2,3)13-9-14(10-13,11-13)15-7-5-4-6-8-15/h4-11H2,1-3H3. The lowest BCUT2D eigenvalue weighted by molar-refractivity contribution is -0.269. The molecule has 2 bridgehead atoms. The Hall–Kier alpha value is -0.0400. The van der Waals surface area contributed by atoms with Gasteiger partial charge in [0.1, 0.15) is 0 Å². The second-order valence-electron chi connectivity index (χ2n) is 7.33. The second-order valence-corrected chi connectivity index (χ2v) is 7.33. The molecule has 4 rings (SSSR count). The highest BCUT2D eigenvalue weighted by molar-refractivity contribution is 5.26. The van der Waals surface area contributed by atoms with E-state index in [9.17, 15) is 0 Å². The average molecular weight is 207 g/mol. The molecule has 0 atom stereocenters. The molecule has 4 aliphatic rings. The number of piperidine rings is 1. The monoisotopic (exact) mass is 207 g/mol. The Morgan fingerprint density at radius 2 is 1.40 bits per heavy atom. The van der Waals surface area contributed by atoms with Crippen LogP contribution in [0.5, 0.6) is 0 Å². The summed E-state index contributed by atoms with van der Waals surface area (Å²) in [6.07, 6.45) is 8.88. The van der Waals surface area contributed by atoms with E-state index in [0.717, 1.165) is 5.41 Å². The van der Waals surface area contributed by atoms with Crippen LogP contribution in [0.3, 0.4) is 0 Å². The molecule has 4 fully saturated rings. The normalized spacial score (nSPS) is 45.8. The van der Waals surface area contributed by atoms with Gasteiger partial charge in [-0.1, -0.05) is 27.2 Å². The minimum atomic E-state index is 0.546. The van der Waals surface area contributed by atoms with Gasteiger partial charge in [0.05, 0.1) is 0 Å². The summed E-state index contributed by atoms with van der Waals surface area (Å²) in [4.78, 5) is 2.82. The Bertz CT molecular complexity index is 248. The highest BCUT2D eigenvalue weighted by Crippen LogP contribution is 2.76. The number of likely N-dealkylation sites (tertiary alicyclic amines) is 1. The molecule has 1 heterocycles. The van der Waals surface area contributed by atoms with Crippen LogP contribution in [0.4, 0.5) is 0 Å². The van der Waals surface area contributed by atoms with Crippen LogP contribution < -0.4 is 0 Å². The molecule has 0 amide bonds. The maximum Gasteiger partial charge on any atom is 0.0226 e. The van der Waals surface area contributed by atoms with E-state index in [4.69, 9.17) is 0 Å². The van der Waals surface area contributed by atoms with Gasteiger partial charge in [0.25, 0.3) is 0 Å². The lowest BCUT2D eigenvalue weighted by Crippen LogP contribution is -2.78. The van der Waals surface area contributed by atoms with Gasteiger partial charge in [0.15, 0.2) is 0 Å². The Labute approximate surface area is 94.2 Å². The van der Waals surface area contributed by atoms with Crippen LogP contribution >= 0.6 is 0 Å². The molecule has 0 unspecified atom stereocenters. The van der Waals surface area contributed by atoms with Gasteiger partial charge in [0, 0.05) is 5.54 Å². The van der Waals surface area contributed by atoms with Crippen molar-refractivity contribution in [2.75, 3.05) is 13.1 Å². The zero-order valence-electron chi connectivity index (χ0n) is 10.6. The lowest BCUT2D eigenvalue weighted by Gasteiger charge is -2.78. The van der Waals surface area contributed by atoms with Gasteiger partial charge in [-0.15, -0.1) is 0 Å². The highest BCUT2D eigenvalue weighted by atomic mass is 15.3. The molecule has 1 aliphatic heterocycles. The quantitative estimate of drug-likeness (QED) is 0.636. The van der Waals surface area contributed by atoms with Crippen molar-refractivity contribution < 1.29 is 0 Å². The van der Waals surface area contributed by atoms with Gasteiger partial charge in [-0.2, -0.15) is 0 Å². The van der Waals surface area contributed by atoms with Crippen molar-refractivity contribution in [1.29, 1.82) is 0 Å². The van der Waals surface area contributed by atoms with Crippen LogP contribution in [0.25, 0.3) is 0 Å². The van der Waals surface area contributed by atoms with Crippen molar-refractivity contribution in [3.63, 3.8) is 0 Å². The first-order valence-corrected chi connectivity index (χ1v) is 6.73. The molecular weight excluding hydrogens is 182 g/mol. The minimum Gasteiger partial charge on any atom is -0.298 e. The van der Waals surface area contributed by atoms with E-state index in [0.29, 0.717) is 11.0 Å². The van der Waals surface area contributed by atoms with Gasteiger partial charge >= 0.3 is 0 Å². The predicted molar refractivity (Wildman–Crippen MR) is 63.9 cm³/mol. The van der Waals surface area contributed by atoms with Crippen LogP contribution in [0.15, 0.2) is 0 Å². The predicted octanol–water partition coefficient (Wildman–Crippen LogP) is 3.44. The molecule has 1 heteroatoms. The summed E-state index contributed by atoms with van der Waals surface area (Å²) >= 11 is 0. The Morgan fingerprint density at radius 3 is 1.87 bits per heavy atom. The average Bonchev–Trinajstić information content (AvgIpc) is 1.98. The molecule has 1 saturated heterocycles. The van der Waals surface area contributed by atoms with Crippen LogP contribution in [-0.4, -0.2) is 23.5 Å². The number of rotatable bonds is 1. The highest BCUT2D eigenvalue weighted by Gasteiger charge is 2.73. The fourth-order valence-electron chi connectivity index (χ4n) is 4.23. The van der Waals surface area contributed by atoms with E-state index >= 15 is 0 Å². The molecular formula is C14H25N. The van der Waals surface area contributed by atoms with Gasteiger partial charge < -0.3 is 0 Å². The van der Waals surface area contributed by atoms with Crippen molar-refractivity contribution in [1.82, 2.24) is 4.90 Å². The number of hydrogen-bond acceptors (Lipinski definition) is 1. The van der Waals surface area contributed by atoms with Crippen molar-refractivity contribution in [3.05, 3.63) is 0 Å². The van der Waals surface area contributed by atoms with E-state index in [1.807, 2.05) is 0 Å². The van der Waals surface area contributed by atoms with Gasteiger partial charge in [-0.3, -0.25) is 4.90 Å². The first-order chi connectivity index (χ1) is 6.98. The van der Waals surface area contributed by atoms with Crippen molar-refractivity contribution in [3.8, 4) is 0 Å². The first kappa shape index (κ1) is 10.1. The van der Waals surface area contributed by atoms with Crippen LogP contribution in [0.1, 0.15) is 59.3 Å². The molecule has 0 aromatic rings. The number of nitrogens with zero attached hydrogens (tertiary/aromatic N) is 1. The fraction of sp³-hybridized carbons (Fsp3) is 1.00. The van der Waals surface area contributed by atoms with E-state index in [-0.39, 0.29) is 0 Å². The van der Waals surface area contributed by atoms with Crippen molar-refractivity contribution in [2.45, 2.75) is 64.8 Å². The number of hydrogen-bond donors (Lipinski definition) is 0. The molecule has 15 heavy (non-hydrogen) atoms. The molecule has 0 aromatic heterocycles. The summed E-state index contributed by atoms with van der Waals surface area (Å²) in [7, 11) is 0. The van der Waals surface area contributed by atoms with Gasteiger partial charge in [0.2, 0.25) is 0 Å². The van der Waals surface area contributed by atoms with Crippen LogP contribution in [-0.2, 0) is 0 Å². The summed E-state index contributed by atoms with van der Waals surface area (Å²) in [6, 6.07) is 0. The first-order valence-electron chi connectivity index (χ1n) is 6.73. The molecule has 0 radical (unpaired) electrons. The maximum atomic E-state index is 2.82. The molecule has 3 saturated carbocycles. The van der Waals surface area contributed by atoms with Gasteiger partial charge in [-0.05, 0) is 56.0 Å². The maximum absolute atomic E-state index is 2.82. The molecule has 1 nitrogen and oxygen atoms in total. The molecule has 86 valence electrons. The van der Waals surface area contributed by atoms with E-state index < -0.39 is 0 Å². The fourth-order valence-corrected chi connectivity index (χ4v) is 4.23. The van der Waals surface area contributed by atoms with Gasteiger partial charge in [-0.25, -0.2) is 0 Å². The summed E-state index contributed by atoms with van der Waals surface area (Å²) in [5.74, 6) is 0. The third-order valence-corrected chi connectivity index (χ3v) is 5.62. The lowest BCUT2D eigenvalue weighted by atomic mass is 9.32. The zero-order chi connectivity index (χ0) is 10.7. The zero-order valence-corrected chi connectivity index (χ0v) is 10.6. The Balaban J connectivity index is 1.65. The van der Waals surface area contributed by atoms with Crippen LogP contribution in [0.2, 0.25) is 0 Å². The Morgan fingerprint density at radius 1 is 0.867 bits per heavy atom. The second kappa shape index (κ2) is 2.80. The third kappa shape index (κ3) is 1.19. The SMILES string of the molecule is CC(C)(C)C12CC(N3CCCCC3)(C1)C2. The third-order valence-electron chi connectivity index (χ3n) is 5.62. The van der Waals surface area contributed by atoms with E-state index in [1.165, 1.54) is 51.6 Å². The van der Waals surface area contributed by atoms with Crippen molar-refractivity contribution in [2.24, 2.45) is 10.8 Å². The summed E-state index contributed by atoms with van der Waals surface area (Å²) < 4.78 is 0. The minimum absolute atomic E-state index is 0.546. The van der Waals surface area contributed by atoms with Crippen molar-refractivity contribution >= 4 is 0 Å². The largest absolute Gasteiger partial charge is 0.298 e.